The minimum Gasteiger partial charge on any atom is -0.465 e. The summed E-state index contributed by atoms with van der Waals surface area (Å²) in [6, 6.07) is 14.6. The van der Waals surface area contributed by atoms with E-state index in [1.807, 2.05) is 36.9 Å². The molecule has 0 unspecified atom stereocenters. The summed E-state index contributed by atoms with van der Waals surface area (Å²) in [4.78, 5) is 13.4. The first kappa shape index (κ1) is 22.0. The SMILES string of the molecule is CCc1c(C)sc(NC(=S)Nc2cnn(Cc3cccc4ccccc34)c2)c1C(=O)OC. The highest BCUT2D eigenvalue weighted by atomic mass is 32.1. The Bertz CT molecular complexity index is 1290. The third-order valence-corrected chi connectivity index (χ3v) is 6.55. The van der Waals surface area contributed by atoms with Crippen LogP contribution in [0.1, 0.15) is 33.3 Å². The second kappa shape index (κ2) is 9.50. The Morgan fingerprint density at radius 2 is 1.97 bits per heavy atom. The van der Waals surface area contributed by atoms with Crippen molar-refractivity contribution in [2.75, 3.05) is 17.7 Å². The van der Waals surface area contributed by atoms with Crippen LogP contribution in [0.4, 0.5) is 10.7 Å². The molecule has 0 spiro atoms. The van der Waals surface area contributed by atoms with Crippen molar-refractivity contribution in [3.8, 4) is 0 Å². The zero-order valence-electron chi connectivity index (χ0n) is 18.1. The number of nitrogens with zero attached hydrogens (tertiary/aromatic N) is 2. The van der Waals surface area contributed by atoms with E-state index in [0.29, 0.717) is 22.2 Å². The van der Waals surface area contributed by atoms with E-state index >= 15 is 0 Å². The lowest BCUT2D eigenvalue weighted by atomic mass is 10.0. The number of fused-ring (bicyclic) bond motifs is 1. The van der Waals surface area contributed by atoms with Crippen LogP contribution in [0.5, 0.6) is 0 Å². The molecule has 6 nitrogen and oxygen atoms in total. The number of carbonyl (C=O) groups is 1. The van der Waals surface area contributed by atoms with Crippen molar-refractivity contribution in [1.29, 1.82) is 0 Å². The molecule has 0 aliphatic rings. The smallest absolute Gasteiger partial charge is 0.341 e. The third-order valence-electron chi connectivity index (χ3n) is 5.28. The lowest BCUT2D eigenvalue weighted by molar-refractivity contribution is 0.0601. The van der Waals surface area contributed by atoms with E-state index in [9.17, 15) is 4.79 Å². The first-order chi connectivity index (χ1) is 15.5. The Balaban J connectivity index is 1.47. The molecule has 2 heterocycles. The molecule has 2 aromatic heterocycles. The van der Waals surface area contributed by atoms with Crippen molar-refractivity contribution in [1.82, 2.24) is 9.78 Å². The van der Waals surface area contributed by atoms with Crippen LogP contribution in [0.3, 0.4) is 0 Å². The molecule has 0 fully saturated rings. The fraction of sp³-hybridized carbons (Fsp3) is 0.208. The van der Waals surface area contributed by atoms with E-state index in [-0.39, 0.29) is 5.97 Å². The van der Waals surface area contributed by atoms with Crippen molar-refractivity contribution < 1.29 is 9.53 Å². The quantitative estimate of drug-likeness (QED) is 0.285. The Hall–Kier alpha value is -3.23. The van der Waals surface area contributed by atoms with Crippen LogP contribution in [-0.2, 0) is 17.7 Å². The summed E-state index contributed by atoms with van der Waals surface area (Å²) < 4.78 is 6.85. The maximum atomic E-state index is 12.3. The molecule has 164 valence electrons. The van der Waals surface area contributed by atoms with Gasteiger partial charge in [0.05, 0.1) is 31.1 Å². The molecular formula is C24H24N4O2S2. The predicted octanol–water partition coefficient (Wildman–Crippen LogP) is 5.61. The van der Waals surface area contributed by atoms with Gasteiger partial charge in [0.2, 0.25) is 0 Å². The van der Waals surface area contributed by atoms with Gasteiger partial charge in [-0.3, -0.25) is 4.68 Å². The molecule has 32 heavy (non-hydrogen) atoms. The van der Waals surface area contributed by atoms with Gasteiger partial charge in [-0.05, 0) is 47.5 Å². The first-order valence-corrected chi connectivity index (χ1v) is 11.5. The second-order valence-electron chi connectivity index (χ2n) is 7.33. The van der Waals surface area contributed by atoms with Crippen molar-refractivity contribution in [3.05, 3.63) is 76.4 Å². The number of aryl methyl sites for hydroxylation is 1. The number of thiocarbonyl (C=S) groups is 1. The molecule has 0 radical (unpaired) electrons. The Morgan fingerprint density at radius 1 is 1.19 bits per heavy atom. The number of ether oxygens (including phenoxy) is 1. The number of carbonyl (C=O) groups excluding carboxylic acids is 1. The maximum Gasteiger partial charge on any atom is 0.341 e. The third kappa shape index (κ3) is 4.51. The van der Waals surface area contributed by atoms with Gasteiger partial charge in [0.15, 0.2) is 5.11 Å². The average Bonchev–Trinajstić information content (AvgIpc) is 3.36. The standard InChI is InChI=1S/C24H24N4O2S2/c1-4-19-15(2)32-22(21(19)23(29)30-3)27-24(31)26-18-12-25-28(14-18)13-17-10-7-9-16-8-5-6-11-20(16)17/h5-12,14H,4,13H2,1-3H3,(H2,26,27,31). The molecule has 8 heteroatoms. The largest absolute Gasteiger partial charge is 0.465 e. The van der Waals surface area contributed by atoms with Crippen LogP contribution in [0, 0.1) is 6.92 Å². The fourth-order valence-corrected chi connectivity index (χ4v) is 5.22. The lowest BCUT2D eigenvalue weighted by Crippen LogP contribution is -2.20. The van der Waals surface area contributed by atoms with Gasteiger partial charge in [-0.15, -0.1) is 11.3 Å². The number of nitrogens with one attached hydrogen (secondary N) is 2. The Kier molecular flexibility index (Phi) is 6.53. The number of hydrogen-bond donors (Lipinski definition) is 2. The number of anilines is 2. The number of methoxy groups -OCH3 is 1. The highest BCUT2D eigenvalue weighted by Gasteiger charge is 2.22. The van der Waals surface area contributed by atoms with Gasteiger partial charge in [-0.2, -0.15) is 5.10 Å². The fourth-order valence-electron chi connectivity index (χ4n) is 3.80. The summed E-state index contributed by atoms with van der Waals surface area (Å²) in [5.41, 5.74) is 3.50. The topological polar surface area (TPSA) is 68.2 Å². The first-order valence-electron chi connectivity index (χ1n) is 10.3. The molecule has 2 N–H and O–H groups in total. The molecule has 0 aliphatic carbocycles. The molecule has 0 atom stereocenters. The van der Waals surface area contributed by atoms with Crippen LogP contribution in [0.2, 0.25) is 0 Å². The summed E-state index contributed by atoms with van der Waals surface area (Å²) in [6.07, 6.45) is 4.39. The van der Waals surface area contributed by atoms with E-state index in [1.54, 1.807) is 6.20 Å². The van der Waals surface area contributed by atoms with Gasteiger partial charge < -0.3 is 15.4 Å². The van der Waals surface area contributed by atoms with Gasteiger partial charge in [0, 0.05) is 11.1 Å². The van der Waals surface area contributed by atoms with E-state index in [1.165, 1.54) is 34.8 Å². The second-order valence-corrected chi connectivity index (χ2v) is 8.96. The van der Waals surface area contributed by atoms with E-state index in [0.717, 1.165) is 22.5 Å². The van der Waals surface area contributed by atoms with Gasteiger partial charge in [0.1, 0.15) is 5.00 Å². The molecule has 2 aromatic carbocycles. The molecule has 0 bridgehead atoms. The monoisotopic (exact) mass is 464 g/mol. The number of benzene rings is 2. The van der Waals surface area contributed by atoms with Crippen molar-refractivity contribution in [3.63, 3.8) is 0 Å². The summed E-state index contributed by atoms with van der Waals surface area (Å²) >= 11 is 6.98. The van der Waals surface area contributed by atoms with Crippen molar-refractivity contribution in [2.24, 2.45) is 0 Å². The zero-order valence-corrected chi connectivity index (χ0v) is 19.8. The van der Waals surface area contributed by atoms with Gasteiger partial charge in [-0.25, -0.2) is 4.79 Å². The summed E-state index contributed by atoms with van der Waals surface area (Å²) in [7, 11) is 1.39. The van der Waals surface area contributed by atoms with Gasteiger partial charge in [0.25, 0.3) is 0 Å². The number of rotatable bonds is 6. The van der Waals surface area contributed by atoms with Crippen LogP contribution in [0.25, 0.3) is 10.8 Å². The Labute approximate surface area is 196 Å². The van der Waals surface area contributed by atoms with Crippen LogP contribution < -0.4 is 10.6 Å². The highest BCUT2D eigenvalue weighted by molar-refractivity contribution is 7.80. The van der Waals surface area contributed by atoms with Gasteiger partial charge >= 0.3 is 5.97 Å². The normalized spacial score (nSPS) is 10.8. The highest BCUT2D eigenvalue weighted by Crippen LogP contribution is 2.34. The molecule has 4 aromatic rings. The van der Waals surface area contributed by atoms with Crippen molar-refractivity contribution >= 4 is 56.1 Å². The minimum atomic E-state index is -0.362. The van der Waals surface area contributed by atoms with E-state index < -0.39 is 0 Å². The maximum absolute atomic E-state index is 12.3. The molecule has 0 amide bonds. The van der Waals surface area contributed by atoms with Crippen molar-refractivity contribution in [2.45, 2.75) is 26.8 Å². The molecule has 0 aliphatic heterocycles. The predicted molar refractivity (Wildman–Crippen MR) is 135 cm³/mol. The number of esters is 1. The number of thiophene rings is 1. The average molecular weight is 465 g/mol. The molecular weight excluding hydrogens is 440 g/mol. The van der Waals surface area contributed by atoms with Crippen LogP contribution in [-0.4, -0.2) is 28.0 Å². The Morgan fingerprint density at radius 3 is 2.75 bits per heavy atom. The van der Waals surface area contributed by atoms with E-state index in [4.69, 9.17) is 17.0 Å². The molecule has 0 saturated carbocycles. The molecule has 0 saturated heterocycles. The van der Waals surface area contributed by atoms with Crippen LogP contribution in [0.15, 0.2) is 54.9 Å². The van der Waals surface area contributed by atoms with E-state index in [2.05, 4.69) is 46.1 Å². The summed E-state index contributed by atoms with van der Waals surface area (Å²) in [5, 5.41) is 14.3. The summed E-state index contributed by atoms with van der Waals surface area (Å²) in [6.45, 7) is 4.67. The lowest BCUT2D eigenvalue weighted by Gasteiger charge is -2.10. The van der Waals surface area contributed by atoms with Gasteiger partial charge in [-0.1, -0.05) is 49.4 Å². The minimum absolute atomic E-state index is 0.362. The summed E-state index contributed by atoms with van der Waals surface area (Å²) in [5.74, 6) is -0.362. The number of hydrogen-bond acceptors (Lipinski definition) is 5. The zero-order chi connectivity index (χ0) is 22.7. The number of aromatic nitrogens is 2. The molecule has 4 rings (SSSR count). The van der Waals surface area contributed by atoms with Crippen LogP contribution >= 0.6 is 23.6 Å².